The van der Waals surface area contributed by atoms with Crippen molar-refractivity contribution in [3.63, 3.8) is 0 Å². The number of hydrogen-bond donors (Lipinski definition) is 0. The van der Waals surface area contributed by atoms with E-state index in [0.717, 1.165) is 24.3 Å². The Hall–Kier alpha value is -4.72. The predicted molar refractivity (Wildman–Crippen MR) is 124 cm³/mol. The zero-order chi connectivity index (χ0) is 25.1. The summed E-state index contributed by atoms with van der Waals surface area (Å²) in [6.07, 6.45) is 4.02. The Balaban J connectivity index is 2.51. The van der Waals surface area contributed by atoms with E-state index in [2.05, 4.69) is 26.3 Å². The van der Waals surface area contributed by atoms with Crippen LogP contribution in [-0.4, -0.2) is 23.9 Å². The Bertz CT molecular complexity index is 1160. The van der Waals surface area contributed by atoms with E-state index in [0.29, 0.717) is 22.3 Å². The molecular formula is C26H22O8. The number of benzene rings is 2. The largest absolute Gasteiger partial charge is 0.458 e. The van der Waals surface area contributed by atoms with Gasteiger partial charge >= 0.3 is 23.9 Å². The molecule has 0 aliphatic carbocycles. The van der Waals surface area contributed by atoms with Gasteiger partial charge in [-0.25, -0.2) is 19.2 Å². The van der Waals surface area contributed by atoms with Crippen LogP contribution < -0.4 is 9.47 Å². The summed E-state index contributed by atoms with van der Waals surface area (Å²) < 4.78 is 20.6. The van der Waals surface area contributed by atoms with Crippen LogP contribution in [0.5, 0.6) is 11.5 Å². The van der Waals surface area contributed by atoms with Crippen molar-refractivity contribution in [1.82, 2.24) is 0 Å². The van der Waals surface area contributed by atoms with Crippen molar-refractivity contribution in [2.45, 2.75) is 13.2 Å². The Morgan fingerprint density at radius 1 is 0.647 bits per heavy atom. The van der Waals surface area contributed by atoms with Crippen molar-refractivity contribution in [2.75, 3.05) is 0 Å². The maximum Gasteiger partial charge on any atom is 0.335 e. The Morgan fingerprint density at radius 2 is 1.21 bits per heavy atom. The highest BCUT2D eigenvalue weighted by Crippen LogP contribution is 2.35. The molecule has 2 rings (SSSR count). The first-order valence-electron chi connectivity index (χ1n) is 9.84. The molecule has 2 aromatic rings. The predicted octanol–water partition coefficient (Wildman–Crippen LogP) is 3.99. The normalized spacial score (nSPS) is 9.76. The van der Waals surface area contributed by atoms with Crippen LogP contribution in [0.2, 0.25) is 0 Å². The summed E-state index contributed by atoms with van der Waals surface area (Å²) in [7, 11) is 0. The van der Waals surface area contributed by atoms with E-state index >= 15 is 0 Å². The second-order valence-electron chi connectivity index (χ2n) is 6.53. The van der Waals surface area contributed by atoms with E-state index in [-0.39, 0.29) is 24.7 Å². The quantitative estimate of drug-likeness (QED) is 0.280. The van der Waals surface area contributed by atoms with Crippen LogP contribution in [0, 0.1) is 0 Å². The first-order chi connectivity index (χ1) is 16.3. The summed E-state index contributed by atoms with van der Waals surface area (Å²) in [6, 6.07) is 9.69. The van der Waals surface area contributed by atoms with Gasteiger partial charge in [0.1, 0.15) is 13.2 Å². The average molecular weight is 462 g/mol. The second-order valence-corrected chi connectivity index (χ2v) is 6.53. The summed E-state index contributed by atoms with van der Waals surface area (Å²) in [6.45, 7) is 13.3. The molecule has 0 spiro atoms. The highest BCUT2D eigenvalue weighted by Gasteiger charge is 2.16. The second kappa shape index (κ2) is 12.4. The molecule has 0 fully saturated rings. The fourth-order valence-electron chi connectivity index (χ4n) is 2.70. The molecule has 0 saturated heterocycles. The Labute approximate surface area is 196 Å². The summed E-state index contributed by atoms with van der Waals surface area (Å²) in [5.74, 6) is -2.73. The van der Waals surface area contributed by atoms with E-state index < -0.39 is 23.9 Å². The van der Waals surface area contributed by atoms with Crippen molar-refractivity contribution in [2.24, 2.45) is 0 Å². The van der Waals surface area contributed by atoms with Crippen LogP contribution >= 0.6 is 0 Å². The lowest BCUT2D eigenvalue weighted by Crippen LogP contribution is -2.09. The fraction of sp³-hybridized carbons (Fsp3) is 0.0769. The summed E-state index contributed by atoms with van der Waals surface area (Å²) in [4.78, 5) is 46.4. The molecular weight excluding hydrogens is 440 g/mol. The van der Waals surface area contributed by atoms with Crippen LogP contribution in [0.15, 0.2) is 87.0 Å². The third-order valence-corrected chi connectivity index (χ3v) is 4.26. The number of carbonyl (C=O) groups is 4. The van der Waals surface area contributed by atoms with Gasteiger partial charge in [-0.15, -0.1) is 0 Å². The molecule has 8 nitrogen and oxygen atoms in total. The van der Waals surface area contributed by atoms with Crippen LogP contribution in [0.25, 0.3) is 11.1 Å². The molecule has 34 heavy (non-hydrogen) atoms. The minimum atomic E-state index is -0.757. The third kappa shape index (κ3) is 7.16. The van der Waals surface area contributed by atoms with Crippen molar-refractivity contribution in [1.29, 1.82) is 0 Å². The molecule has 0 aliphatic heterocycles. The number of esters is 4. The van der Waals surface area contributed by atoms with Crippen LogP contribution in [-0.2, 0) is 41.9 Å². The van der Waals surface area contributed by atoms with Crippen molar-refractivity contribution in [3.8, 4) is 22.6 Å². The van der Waals surface area contributed by atoms with Gasteiger partial charge in [-0.05, 0) is 40.5 Å². The molecule has 0 amide bonds. The molecule has 0 aliphatic rings. The topological polar surface area (TPSA) is 105 Å². The van der Waals surface area contributed by atoms with E-state index in [1.54, 1.807) is 24.3 Å². The standard InChI is InChI=1S/C26H22O8/c1-5-23(27)31-15-17-9-11-20(19(13-17)16-32-24(28)6-2)18-10-12-21(33-25(29)7-3)22(14-18)34-26(30)8-4/h5-14H,1-4,15-16H2. The maximum atomic E-state index is 11.8. The lowest BCUT2D eigenvalue weighted by atomic mass is 9.97. The Morgan fingerprint density at radius 3 is 1.79 bits per heavy atom. The number of ether oxygens (including phenoxy) is 4. The molecule has 0 heterocycles. The highest BCUT2D eigenvalue weighted by atomic mass is 16.6. The number of hydrogen-bond acceptors (Lipinski definition) is 8. The zero-order valence-electron chi connectivity index (χ0n) is 18.3. The van der Waals surface area contributed by atoms with E-state index in [1.807, 2.05) is 0 Å². The molecule has 0 bridgehead atoms. The molecule has 0 N–H and O–H groups in total. The van der Waals surface area contributed by atoms with Crippen molar-refractivity contribution < 1.29 is 38.1 Å². The smallest absolute Gasteiger partial charge is 0.335 e. The van der Waals surface area contributed by atoms with Gasteiger partial charge in [-0.2, -0.15) is 0 Å². The fourth-order valence-corrected chi connectivity index (χ4v) is 2.70. The van der Waals surface area contributed by atoms with Crippen molar-refractivity contribution in [3.05, 3.63) is 98.1 Å². The molecule has 0 radical (unpaired) electrons. The lowest BCUT2D eigenvalue weighted by Gasteiger charge is -2.15. The summed E-state index contributed by atoms with van der Waals surface area (Å²) >= 11 is 0. The van der Waals surface area contributed by atoms with Gasteiger partial charge < -0.3 is 18.9 Å². The van der Waals surface area contributed by atoms with Crippen LogP contribution in [0.1, 0.15) is 11.1 Å². The van der Waals surface area contributed by atoms with Gasteiger partial charge in [-0.1, -0.05) is 44.5 Å². The third-order valence-electron chi connectivity index (χ3n) is 4.26. The van der Waals surface area contributed by atoms with Crippen LogP contribution in [0.3, 0.4) is 0 Å². The van der Waals surface area contributed by atoms with Crippen LogP contribution in [0.4, 0.5) is 0 Å². The van der Waals surface area contributed by atoms with Gasteiger partial charge in [0.15, 0.2) is 11.5 Å². The minimum Gasteiger partial charge on any atom is -0.458 e. The zero-order valence-corrected chi connectivity index (χ0v) is 18.3. The van der Waals surface area contributed by atoms with Crippen molar-refractivity contribution >= 4 is 23.9 Å². The first-order valence-corrected chi connectivity index (χ1v) is 9.84. The van der Waals surface area contributed by atoms with Gasteiger partial charge in [0, 0.05) is 24.3 Å². The first kappa shape index (κ1) is 25.5. The number of rotatable bonds is 11. The average Bonchev–Trinajstić information content (AvgIpc) is 2.86. The lowest BCUT2D eigenvalue weighted by molar-refractivity contribution is -0.139. The summed E-state index contributed by atoms with van der Waals surface area (Å²) in [5, 5.41) is 0. The number of carbonyl (C=O) groups excluding carboxylic acids is 4. The Kier molecular flexibility index (Phi) is 9.28. The van der Waals surface area contributed by atoms with E-state index in [1.165, 1.54) is 12.1 Å². The SMILES string of the molecule is C=CC(=O)OCc1ccc(-c2ccc(OC(=O)C=C)c(OC(=O)C=C)c2)c(COC(=O)C=C)c1. The maximum absolute atomic E-state index is 11.8. The monoisotopic (exact) mass is 462 g/mol. The molecule has 174 valence electrons. The van der Waals surface area contributed by atoms with E-state index in [4.69, 9.17) is 18.9 Å². The van der Waals surface area contributed by atoms with Gasteiger partial charge in [0.05, 0.1) is 0 Å². The molecule has 0 aromatic heterocycles. The molecule has 0 atom stereocenters. The molecule has 2 aromatic carbocycles. The molecule has 0 unspecified atom stereocenters. The van der Waals surface area contributed by atoms with E-state index in [9.17, 15) is 19.2 Å². The molecule has 0 saturated carbocycles. The molecule has 8 heteroatoms. The van der Waals surface area contributed by atoms with Gasteiger partial charge in [0.25, 0.3) is 0 Å². The summed E-state index contributed by atoms with van der Waals surface area (Å²) in [5.41, 5.74) is 2.38. The van der Waals surface area contributed by atoms with Gasteiger partial charge in [0.2, 0.25) is 0 Å². The minimum absolute atomic E-state index is 0.00329. The highest BCUT2D eigenvalue weighted by molar-refractivity contribution is 5.87. The van der Waals surface area contributed by atoms with Gasteiger partial charge in [-0.3, -0.25) is 0 Å².